The fourth-order valence-corrected chi connectivity index (χ4v) is 1.02. The monoisotopic (exact) mass is 252 g/mol. The van der Waals surface area contributed by atoms with Gasteiger partial charge in [0.2, 0.25) is 0 Å². The zero-order valence-corrected chi connectivity index (χ0v) is 8.80. The lowest BCUT2D eigenvalue weighted by Crippen LogP contribution is -2.14. The summed E-state index contributed by atoms with van der Waals surface area (Å²) in [6.45, 7) is 0.676. The zero-order valence-electron chi connectivity index (χ0n) is 7.01. The third-order valence-corrected chi connectivity index (χ3v) is 1.55. The van der Waals surface area contributed by atoms with Crippen LogP contribution in [0.1, 0.15) is 6.92 Å². The Morgan fingerprint density at radius 3 is 2.00 bits per heavy atom. The van der Waals surface area contributed by atoms with Crippen molar-refractivity contribution in [3.05, 3.63) is 0 Å². The van der Waals surface area contributed by atoms with E-state index in [-0.39, 0.29) is 0 Å². The lowest BCUT2D eigenvalue weighted by Gasteiger charge is -2.12. The molecule has 1 atom stereocenters. The Morgan fingerprint density at radius 2 is 1.64 bits per heavy atom. The Balaban J connectivity index is 3.73. The quantitative estimate of drug-likeness (QED) is 0.280. The first-order valence-corrected chi connectivity index (χ1v) is 6.27. The highest BCUT2D eigenvalue weighted by atomic mass is 31.2. The van der Waals surface area contributed by atoms with Gasteiger partial charge in [-0.2, -0.15) is 0 Å². The number of phosphoric acid groups is 2. The topological polar surface area (TPSA) is 143 Å². The van der Waals surface area contributed by atoms with Crippen LogP contribution in [0.2, 0.25) is 0 Å². The molecule has 0 spiro atoms. The highest BCUT2D eigenvalue weighted by Gasteiger charge is 2.20. The Labute approximate surface area is 79.0 Å². The minimum absolute atomic E-state index is 0.565. The fourth-order valence-electron chi connectivity index (χ4n) is 0.359. The van der Waals surface area contributed by atoms with Gasteiger partial charge in [-0.05, 0) is 6.92 Å². The summed E-state index contributed by atoms with van der Waals surface area (Å²) in [4.78, 5) is 36.9. The maximum Gasteiger partial charge on any atom is 0.496 e. The predicted molar refractivity (Wildman–Crippen MR) is 41.7 cm³/mol. The van der Waals surface area contributed by atoms with Crippen LogP contribution in [0.3, 0.4) is 0 Å². The molecule has 0 bridgehead atoms. The van der Waals surface area contributed by atoms with Crippen LogP contribution in [-0.2, 0) is 23.2 Å². The molecule has 0 amide bonds. The molecule has 0 aliphatic heterocycles. The average molecular weight is 252 g/mol. The van der Waals surface area contributed by atoms with Crippen molar-refractivity contribution in [3.8, 4) is 0 Å². The normalized spacial score (nSPS) is 15.5. The predicted octanol–water partition coefficient (Wildman–Crippen LogP) is -0.475. The molecule has 14 heavy (non-hydrogen) atoms. The van der Waals surface area contributed by atoms with E-state index in [9.17, 15) is 9.13 Å². The Kier molecular flexibility index (Phi) is 5.38. The maximum absolute atomic E-state index is 10.2. The largest absolute Gasteiger partial charge is 0.496 e. The molecule has 0 saturated heterocycles. The van der Waals surface area contributed by atoms with E-state index in [2.05, 4.69) is 14.1 Å². The van der Waals surface area contributed by atoms with Crippen molar-refractivity contribution in [1.82, 2.24) is 0 Å². The first-order chi connectivity index (χ1) is 6.10. The fraction of sp³-hybridized carbons (Fsp3) is 1.00. The molecule has 0 aliphatic carbocycles. The molecule has 0 aromatic carbocycles. The van der Waals surface area contributed by atoms with Crippen LogP contribution in [0.25, 0.3) is 0 Å². The van der Waals surface area contributed by atoms with Gasteiger partial charge in [0.25, 0.3) is 0 Å². The van der Waals surface area contributed by atoms with Gasteiger partial charge in [0.1, 0.15) is 6.10 Å². The first-order valence-electron chi connectivity index (χ1n) is 3.21. The number of rotatable bonds is 6. The molecule has 0 aliphatic rings. The second kappa shape index (κ2) is 5.32. The summed E-state index contributed by atoms with van der Waals surface area (Å²) in [5.74, 6) is 0. The lowest BCUT2D eigenvalue weighted by atomic mass is 10.5. The van der Waals surface area contributed by atoms with E-state index in [0.29, 0.717) is 0 Å². The van der Waals surface area contributed by atoms with Gasteiger partial charge in [0.05, 0.1) is 6.61 Å². The van der Waals surface area contributed by atoms with Crippen LogP contribution < -0.4 is 0 Å². The van der Waals surface area contributed by atoms with Crippen LogP contribution in [0.5, 0.6) is 0 Å². The zero-order chi connectivity index (χ0) is 11.4. The molecule has 0 fully saturated rings. The average Bonchev–Trinajstić information content (AvgIpc) is 1.94. The summed E-state index contributed by atoms with van der Waals surface area (Å²) in [5, 5.41) is 0. The Morgan fingerprint density at radius 1 is 1.14 bits per heavy atom. The van der Waals surface area contributed by atoms with Gasteiger partial charge in [0, 0.05) is 0 Å². The second-order valence-electron chi connectivity index (χ2n) is 2.26. The van der Waals surface area contributed by atoms with Gasteiger partial charge in [-0.25, -0.2) is 14.0 Å². The molecule has 0 rings (SSSR count). The van der Waals surface area contributed by atoms with E-state index in [0.717, 1.165) is 0 Å². The molecule has 4 N–H and O–H groups in total. The van der Waals surface area contributed by atoms with Crippen LogP contribution >= 0.6 is 15.6 Å². The number of hydrogen-bond donors (Lipinski definition) is 4. The van der Waals surface area contributed by atoms with Crippen LogP contribution in [-0.4, -0.2) is 32.3 Å². The summed E-state index contributed by atoms with van der Waals surface area (Å²) < 4.78 is 27.8. The molecule has 0 heterocycles. The smallest absolute Gasteiger partial charge is 0.303 e. The van der Waals surface area contributed by atoms with Gasteiger partial charge >= 0.3 is 15.6 Å². The highest BCUT2D eigenvalue weighted by molar-refractivity contribution is 7.46. The van der Waals surface area contributed by atoms with E-state index in [4.69, 9.17) is 19.6 Å². The van der Waals surface area contributed by atoms with Crippen LogP contribution in [0.4, 0.5) is 0 Å². The Hall–Kier alpha value is 0.180. The van der Waals surface area contributed by atoms with Gasteiger partial charge in [-0.1, -0.05) is 0 Å². The molecule has 11 heteroatoms. The molecule has 0 aromatic rings. The van der Waals surface area contributed by atoms with Crippen LogP contribution in [0, 0.1) is 0 Å². The summed E-state index contributed by atoms with van der Waals surface area (Å²) in [6.07, 6.45) is -1.03. The lowest BCUT2D eigenvalue weighted by molar-refractivity contribution is -0.258. The molecular weight excluding hydrogens is 242 g/mol. The van der Waals surface area contributed by atoms with Gasteiger partial charge in [0.15, 0.2) is 0 Å². The molecular formula is C3H10O9P2. The van der Waals surface area contributed by atoms with E-state index < -0.39 is 28.4 Å². The standard InChI is InChI=1S/C3H10O9P2/c1-3(2-10-13(4,5)6)11-12-14(7,8)9/h3H,2H2,1H3,(H2,4,5,6)(H2,7,8,9). The van der Waals surface area contributed by atoms with Crippen molar-refractivity contribution < 1.29 is 42.8 Å². The number of hydrogen-bond acceptors (Lipinski definition) is 5. The molecule has 0 aromatic heterocycles. The van der Waals surface area contributed by atoms with E-state index in [1.807, 2.05) is 0 Å². The van der Waals surface area contributed by atoms with Crippen molar-refractivity contribution in [2.24, 2.45) is 0 Å². The van der Waals surface area contributed by atoms with Crippen LogP contribution in [0.15, 0.2) is 0 Å². The molecule has 1 unspecified atom stereocenters. The summed E-state index contributed by atoms with van der Waals surface area (Å²) >= 11 is 0. The Bertz CT molecular complexity index is 225. The van der Waals surface area contributed by atoms with Gasteiger partial charge in [-0.3, -0.25) is 4.52 Å². The van der Waals surface area contributed by atoms with E-state index in [1.54, 1.807) is 0 Å². The summed E-state index contributed by atoms with van der Waals surface area (Å²) in [6, 6.07) is 0. The third kappa shape index (κ3) is 10.3. The molecule has 0 saturated carbocycles. The van der Waals surface area contributed by atoms with Gasteiger partial charge in [-0.15, -0.1) is 4.67 Å². The number of phosphoric ester groups is 1. The minimum atomic E-state index is -4.76. The highest BCUT2D eigenvalue weighted by Crippen LogP contribution is 2.38. The van der Waals surface area contributed by atoms with Crippen molar-refractivity contribution in [1.29, 1.82) is 0 Å². The van der Waals surface area contributed by atoms with Crippen molar-refractivity contribution in [2.45, 2.75) is 13.0 Å². The summed E-state index contributed by atoms with van der Waals surface area (Å²) in [7, 11) is -9.37. The SMILES string of the molecule is CC(COP(=O)(O)O)OOP(=O)(O)O. The minimum Gasteiger partial charge on any atom is -0.303 e. The third-order valence-electron chi connectivity index (χ3n) is 0.782. The molecule has 0 radical (unpaired) electrons. The van der Waals surface area contributed by atoms with Crippen molar-refractivity contribution in [2.75, 3.05) is 6.61 Å². The van der Waals surface area contributed by atoms with Gasteiger partial charge < -0.3 is 19.6 Å². The van der Waals surface area contributed by atoms with Crippen molar-refractivity contribution >= 4 is 15.6 Å². The van der Waals surface area contributed by atoms with E-state index >= 15 is 0 Å². The molecule has 9 nitrogen and oxygen atoms in total. The first kappa shape index (κ1) is 14.2. The van der Waals surface area contributed by atoms with Crippen molar-refractivity contribution in [3.63, 3.8) is 0 Å². The van der Waals surface area contributed by atoms with E-state index in [1.165, 1.54) is 6.92 Å². The second-order valence-corrected chi connectivity index (χ2v) is 4.63. The maximum atomic E-state index is 10.2. The summed E-state index contributed by atoms with van der Waals surface area (Å²) in [5.41, 5.74) is 0. The molecule has 86 valence electrons.